The van der Waals surface area contributed by atoms with Crippen LogP contribution in [0.4, 0.5) is 0 Å². The largest absolute Gasteiger partial charge is 0.355 e. The fourth-order valence-electron chi connectivity index (χ4n) is 4.58. The minimum absolute atomic E-state index is 0.182. The first-order valence-corrected chi connectivity index (χ1v) is 7.62. The molecule has 1 heterocycles. The Bertz CT molecular complexity index is 442. The molecule has 0 spiro atoms. The first-order chi connectivity index (χ1) is 9.52. The van der Waals surface area contributed by atoms with Gasteiger partial charge in [0.1, 0.15) is 0 Å². The van der Waals surface area contributed by atoms with Crippen LogP contribution in [0.1, 0.15) is 33.1 Å². The van der Waals surface area contributed by atoms with E-state index in [2.05, 4.69) is 26.5 Å². The summed E-state index contributed by atoms with van der Waals surface area (Å²) in [7, 11) is 3.43. The number of fused-ring (bicyclic) bond motifs is 3. The molecule has 0 aromatic carbocycles. The van der Waals surface area contributed by atoms with E-state index in [-0.39, 0.29) is 18.0 Å². The van der Waals surface area contributed by atoms with Crippen molar-refractivity contribution in [3.05, 3.63) is 23.8 Å². The van der Waals surface area contributed by atoms with E-state index in [0.29, 0.717) is 17.8 Å². The van der Waals surface area contributed by atoms with Crippen LogP contribution in [0.15, 0.2) is 23.8 Å². The fraction of sp³-hybridized carbons (Fsp3) is 0.765. The van der Waals surface area contributed by atoms with E-state index in [4.69, 9.17) is 14.2 Å². The summed E-state index contributed by atoms with van der Waals surface area (Å²) in [6.07, 6.45) is 5.36. The zero-order valence-corrected chi connectivity index (χ0v) is 13.0. The van der Waals surface area contributed by atoms with E-state index in [1.807, 2.05) is 0 Å². The van der Waals surface area contributed by atoms with Crippen molar-refractivity contribution in [2.75, 3.05) is 14.2 Å². The van der Waals surface area contributed by atoms with Crippen LogP contribution in [0.25, 0.3) is 0 Å². The van der Waals surface area contributed by atoms with Gasteiger partial charge in [-0.1, -0.05) is 32.1 Å². The predicted molar refractivity (Wildman–Crippen MR) is 78.0 cm³/mol. The zero-order chi connectivity index (χ0) is 14.5. The first-order valence-electron chi connectivity index (χ1n) is 7.62. The molecule has 3 aliphatic rings. The highest BCUT2D eigenvalue weighted by Gasteiger charge is 2.57. The second-order valence-corrected chi connectivity index (χ2v) is 6.80. The first kappa shape index (κ1) is 14.3. The maximum absolute atomic E-state index is 5.94. The summed E-state index contributed by atoms with van der Waals surface area (Å²) >= 11 is 0. The summed E-state index contributed by atoms with van der Waals surface area (Å²) < 4.78 is 17.0. The van der Waals surface area contributed by atoms with Crippen LogP contribution in [0.2, 0.25) is 0 Å². The highest BCUT2D eigenvalue weighted by atomic mass is 16.8. The van der Waals surface area contributed by atoms with Crippen LogP contribution < -0.4 is 0 Å². The summed E-state index contributed by atoms with van der Waals surface area (Å²) in [5.74, 6) is 1.46. The molecule has 2 aliphatic carbocycles. The lowest BCUT2D eigenvalue weighted by atomic mass is 9.53. The van der Waals surface area contributed by atoms with Crippen molar-refractivity contribution in [3.8, 4) is 0 Å². The van der Waals surface area contributed by atoms with Crippen molar-refractivity contribution < 1.29 is 14.2 Å². The second kappa shape index (κ2) is 4.97. The van der Waals surface area contributed by atoms with E-state index in [0.717, 1.165) is 6.42 Å². The Kier molecular flexibility index (Phi) is 3.56. The van der Waals surface area contributed by atoms with Gasteiger partial charge >= 0.3 is 0 Å². The molecule has 0 radical (unpaired) electrons. The van der Waals surface area contributed by atoms with E-state index in [1.165, 1.54) is 24.0 Å². The monoisotopic (exact) mass is 278 g/mol. The van der Waals surface area contributed by atoms with Gasteiger partial charge in [0.2, 0.25) is 0 Å². The van der Waals surface area contributed by atoms with Gasteiger partial charge in [-0.3, -0.25) is 0 Å². The van der Waals surface area contributed by atoms with Crippen LogP contribution >= 0.6 is 0 Å². The third-order valence-electron chi connectivity index (χ3n) is 5.90. The molecule has 0 aromatic heterocycles. The Morgan fingerprint density at radius 1 is 1.35 bits per heavy atom. The number of hydrogen-bond donors (Lipinski definition) is 0. The van der Waals surface area contributed by atoms with Crippen molar-refractivity contribution in [2.24, 2.45) is 23.2 Å². The molecule has 0 amide bonds. The Morgan fingerprint density at radius 2 is 2.10 bits per heavy atom. The average Bonchev–Trinajstić information content (AvgIpc) is 2.82. The van der Waals surface area contributed by atoms with Crippen LogP contribution in [0.5, 0.6) is 0 Å². The van der Waals surface area contributed by atoms with Gasteiger partial charge in [-0.05, 0) is 42.1 Å². The molecule has 1 saturated heterocycles. The van der Waals surface area contributed by atoms with Gasteiger partial charge in [0, 0.05) is 20.1 Å². The molecule has 1 saturated carbocycles. The molecule has 0 N–H and O–H groups in total. The van der Waals surface area contributed by atoms with Crippen molar-refractivity contribution in [2.45, 2.75) is 45.7 Å². The smallest absolute Gasteiger partial charge is 0.183 e. The molecule has 0 aromatic rings. The van der Waals surface area contributed by atoms with Crippen molar-refractivity contribution >= 4 is 0 Å². The summed E-state index contributed by atoms with van der Waals surface area (Å²) in [4.78, 5) is 0. The Hall–Kier alpha value is -0.640. The van der Waals surface area contributed by atoms with Gasteiger partial charge in [0.25, 0.3) is 0 Å². The minimum atomic E-state index is -0.240. The summed E-state index contributed by atoms with van der Waals surface area (Å²) in [5, 5.41) is 0. The van der Waals surface area contributed by atoms with Gasteiger partial charge in [-0.25, -0.2) is 0 Å². The normalized spacial score (nSPS) is 47.7. The molecule has 3 rings (SSSR count). The van der Waals surface area contributed by atoms with Crippen molar-refractivity contribution in [1.82, 2.24) is 0 Å². The number of allylic oxidation sites excluding steroid dienone is 2. The lowest BCUT2D eigenvalue weighted by Crippen LogP contribution is -2.47. The predicted octanol–water partition coefficient (Wildman–Crippen LogP) is 3.52. The van der Waals surface area contributed by atoms with Crippen LogP contribution in [-0.2, 0) is 14.2 Å². The average molecular weight is 278 g/mol. The van der Waals surface area contributed by atoms with E-state index < -0.39 is 0 Å². The van der Waals surface area contributed by atoms with Gasteiger partial charge in [-0.15, -0.1) is 0 Å². The summed E-state index contributed by atoms with van der Waals surface area (Å²) in [5.41, 5.74) is 2.87. The molecule has 6 atom stereocenters. The van der Waals surface area contributed by atoms with Crippen molar-refractivity contribution in [3.63, 3.8) is 0 Å². The molecular formula is C17H26O3. The Labute approximate surface area is 122 Å². The Balaban J connectivity index is 2.00. The number of ether oxygens (including phenoxy) is 3. The standard InChI is InChI=1S/C17H26O3/c1-10-8-9-17(3)13(11(10)2)7-6-12-14(17)16(19-5)20-15(12)18-4/h6,10,13-16H,2,7-9H2,1,3-5H3/t10-,13?,14+,15-,16+,17-/m0/s1. The number of hydrogen-bond acceptors (Lipinski definition) is 3. The topological polar surface area (TPSA) is 27.7 Å². The van der Waals surface area contributed by atoms with E-state index in [1.54, 1.807) is 14.2 Å². The summed E-state index contributed by atoms with van der Waals surface area (Å²) in [6, 6.07) is 0. The van der Waals surface area contributed by atoms with Crippen LogP contribution in [0, 0.1) is 23.2 Å². The maximum atomic E-state index is 5.94. The van der Waals surface area contributed by atoms with Gasteiger partial charge in [0.05, 0.1) is 0 Å². The molecule has 0 bridgehead atoms. The second-order valence-electron chi connectivity index (χ2n) is 6.80. The van der Waals surface area contributed by atoms with E-state index in [9.17, 15) is 0 Å². The van der Waals surface area contributed by atoms with Crippen LogP contribution in [-0.4, -0.2) is 26.8 Å². The highest BCUT2D eigenvalue weighted by Crippen LogP contribution is 2.60. The molecule has 2 fully saturated rings. The quantitative estimate of drug-likeness (QED) is 0.723. The number of methoxy groups -OCH3 is 2. The molecule has 1 unspecified atom stereocenters. The minimum Gasteiger partial charge on any atom is -0.355 e. The number of rotatable bonds is 2. The molecule has 20 heavy (non-hydrogen) atoms. The summed E-state index contributed by atoms with van der Waals surface area (Å²) in [6.45, 7) is 9.08. The van der Waals surface area contributed by atoms with Crippen molar-refractivity contribution in [1.29, 1.82) is 0 Å². The molecule has 1 aliphatic heterocycles. The van der Waals surface area contributed by atoms with Gasteiger partial charge in [0.15, 0.2) is 12.6 Å². The third kappa shape index (κ3) is 1.83. The maximum Gasteiger partial charge on any atom is 0.183 e. The lowest BCUT2D eigenvalue weighted by molar-refractivity contribution is -0.201. The third-order valence-corrected chi connectivity index (χ3v) is 5.90. The van der Waals surface area contributed by atoms with Gasteiger partial charge in [-0.2, -0.15) is 0 Å². The SMILES string of the molecule is C=C1C2CC=C3[C@@H](OC)O[C@@H](OC)[C@@H]3[C@@]2(C)CC[C@@H]1C. The molecule has 112 valence electrons. The molecule has 3 nitrogen and oxygen atoms in total. The lowest BCUT2D eigenvalue weighted by Gasteiger charge is -2.52. The zero-order valence-electron chi connectivity index (χ0n) is 13.0. The highest BCUT2D eigenvalue weighted by molar-refractivity contribution is 5.29. The van der Waals surface area contributed by atoms with Gasteiger partial charge < -0.3 is 14.2 Å². The van der Waals surface area contributed by atoms with E-state index >= 15 is 0 Å². The molecule has 3 heteroatoms. The van der Waals surface area contributed by atoms with Crippen LogP contribution in [0.3, 0.4) is 0 Å². The fourth-order valence-corrected chi connectivity index (χ4v) is 4.58. The molecular weight excluding hydrogens is 252 g/mol. The Morgan fingerprint density at radius 3 is 2.75 bits per heavy atom.